The fourth-order valence-corrected chi connectivity index (χ4v) is 2.13. The quantitative estimate of drug-likeness (QED) is 0.745. The summed E-state index contributed by atoms with van der Waals surface area (Å²) in [6, 6.07) is 5.60. The monoisotopic (exact) mass is 262 g/mol. The number of carbonyl (C=O) groups is 2. The summed E-state index contributed by atoms with van der Waals surface area (Å²) >= 11 is 0. The zero-order valence-corrected chi connectivity index (χ0v) is 11.0. The largest absolute Gasteiger partial charge is 0.508 e. The van der Waals surface area contributed by atoms with Gasteiger partial charge in [0, 0.05) is 6.42 Å². The van der Waals surface area contributed by atoms with Gasteiger partial charge in [0.1, 0.15) is 17.8 Å². The van der Waals surface area contributed by atoms with Gasteiger partial charge in [-0.2, -0.15) is 0 Å². The second-order valence-corrected chi connectivity index (χ2v) is 5.16. The van der Waals surface area contributed by atoms with Crippen molar-refractivity contribution < 1.29 is 14.7 Å². The Bertz CT molecular complexity index is 482. The van der Waals surface area contributed by atoms with Crippen LogP contribution in [-0.4, -0.2) is 29.0 Å². The van der Waals surface area contributed by atoms with Crippen molar-refractivity contribution in [2.45, 2.75) is 32.4 Å². The van der Waals surface area contributed by atoms with Gasteiger partial charge >= 0.3 is 0 Å². The first-order valence-corrected chi connectivity index (χ1v) is 6.36. The van der Waals surface area contributed by atoms with Crippen LogP contribution in [0.1, 0.15) is 19.4 Å². The standard InChI is InChI=1S/C14H18N2O3/c1-8(2)12-14(19)15-11(13(18)16-12)7-9-3-5-10(17)6-4-9/h3-6,8,11-12,17H,7H2,1-2H3,(H,15,19)(H,16,18)/t11-,12-/m1/s1. The molecule has 1 heterocycles. The molecule has 5 heteroatoms. The topological polar surface area (TPSA) is 78.4 Å². The van der Waals surface area contributed by atoms with E-state index in [1.807, 2.05) is 13.8 Å². The second-order valence-electron chi connectivity index (χ2n) is 5.16. The van der Waals surface area contributed by atoms with Gasteiger partial charge in [-0.1, -0.05) is 26.0 Å². The van der Waals surface area contributed by atoms with Crippen LogP contribution >= 0.6 is 0 Å². The summed E-state index contributed by atoms with van der Waals surface area (Å²) < 4.78 is 0. The zero-order valence-electron chi connectivity index (χ0n) is 11.0. The van der Waals surface area contributed by atoms with Gasteiger partial charge in [0.2, 0.25) is 11.8 Å². The first kappa shape index (κ1) is 13.4. The SMILES string of the molecule is CC(C)[C@H]1NC(=O)[C@@H](Cc2ccc(O)cc2)NC1=O. The lowest BCUT2D eigenvalue weighted by molar-refractivity contribution is -0.137. The molecule has 19 heavy (non-hydrogen) atoms. The Balaban J connectivity index is 2.04. The molecule has 0 saturated carbocycles. The van der Waals surface area contributed by atoms with Crippen LogP contribution in [0.15, 0.2) is 24.3 Å². The van der Waals surface area contributed by atoms with Gasteiger partial charge < -0.3 is 15.7 Å². The molecule has 0 aromatic heterocycles. The van der Waals surface area contributed by atoms with Crippen LogP contribution in [0.3, 0.4) is 0 Å². The highest BCUT2D eigenvalue weighted by Gasteiger charge is 2.34. The highest BCUT2D eigenvalue weighted by molar-refractivity contribution is 5.97. The molecule has 0 radical (unpaired) electrons. The van der Waals surface area contributed by atoms with Crippen LogP contribution in [-0.2, 0) is 16.0 Å². The Morgan fingerprint density at radius 2 is 1.74 bits per heavy atom. The third-order valence-electron chi connectivity index (χ3n) is 3.26. The predicted octanol–water partition coefficient (Wildman–Crippen LogP) is 0.574. The first-order chi connectivity index (χ1) is 8.97. The van der Waals surface area contributed by atoms with Gasteiger partial charge in [-0.3, -0.25) is 9.59 Å². The van der Waals surface area contributed by atoms with Crippen LogP contribution in [0.25, 0.3) is 0 Å². The molecule has 102 valence electrons. The summed E-state index contributed by atoms with van der Waals surface area (Å²) in [5.74, 6) is -0.0518. The highest BCUT2D eigenvalue weighted by atomic mass is 16.3. The Labute approximate surface area is 112 Å². The molecule has 1 fully saturated rings. The van der Waals surface area contributed by atoms with Crippen molar-refractivity contribution in [3.05, 3.63) is 29.8 Å². The number of piperazine rings is 1. The van der Waals surface area contributed by atoms with E-state index in [1.54, 1.807) is 24.3 Å². The minimum absolute atomic E-state index is 0.0681. The number of amides is 2. The Morgan fingerprint density at radius 1 is 1.11 bits per heavy atom. The number of carbonyl (C=O) groups excluding carboxylic acids is 2. The molecule has 2 amide bonds. The average Bonchev–Trinajstić information content (AvgIpc) is 2.35. The Kier molecular flexibility index (Phi) is 3.74. The lowest BCUT2D eigenvalue weighted by atomic mass is 9.97. The molecule has 2 rings (SSSR count). The Morgan fingerprint density at radius 3 is 2.32 bits per heavy atom. The number of benzene rings is 1. The maximum atomic E-state index is 12.0. The van der Waals surface area contributed by atoms with Crippen molar-refractivity contribution >= 4 is 11.8 Å². The van der Waals surface area contributed by atoms with Crippen molar-refractivity contribution in [2.75, 3.05) is 0 Å². The number of rotatable bonds is 3. The van der Waals surface area contributed by atoms with Crippen LogP contribution in [0, 0.1) is 5.92 Å². The fraction of sp³-hybridized carbons (Fsp3) is 0.429. The summed E-state index contributed by atoms with van der Waals surface area (Å²) in [6.45, 7) is 3.79. The molecule has 3 N–H and O–H groups in total. The molecular formula is C14H18N2O3. The fourth-order valence-electron chi connectivity index (χ4n) is 2.13. The molecular weight excluding hydrogens is 244 g/mol. The van der Waals surface area contributed by atoms with Crippen molar-refractivity contribution in [1.82, 2.24) is 10.6 Å². The van der Waals surface area contributed by atoms with Crippen molar-refractivity contribution in [3.63, 3.8) is 0 Å². The minimum atomic E-state index is -0.549. The molecule has 1 saturated heterocycles. The van der Waals surface area contributed by atoms with E-state index in [9.17, 15) is 14.7 Å². The smallest absolute Gasteiger partial charge is 0.243 e. The van der Waals surface area contributed by atoms with Crippen molar-refractivity contribution in [3.8, 4) is 5.75 Å². The lowest BCUT2D eigenvalue weighted by Crippen LogP contribution is -2.63. The maximum absolute atomic E-state index is 12.0. The van der Waals surface area contributed by atoms with E-state index in [-0.39, 0.29) is 23.5 Å². The third-order valence-corrected chi connectivity index (χ3v) is 3.26. The van der Waals surface area contributed by atoms with Gasteiger partial charge in [0.25, 0.3) is 0 Å². The van der Waals surface area contributed by atoms with E-state index in [2.05, 4.69) is 10.6 Å². The number of hydrogen-bond donors (Lipinski definition) is 3. The van der Waals surface area contributed by atoms with Crippen LogP contribution in [0.4, 0.5) is 0 Å². The van der Waals surface area contributed by atoms with Crippen molar-refractivity contribution in [2.24, 2.45) is 5.92 Å². The summed E-state index contributed by atoms with van der Waals surface area (Å²) in [7, 11) is 0. The third kappa shape index (κ3) is 3.05. The number of hydrogen-bond acceptors (Lipinski definition) is 3. The van der Waals surface area contributed by atoms with Gasteiger partial charge in [0.15, 0.2) is 0 Å². The number of phenols is 1. The summed E-state index contributed by atoms with van der Waals surface area (Å²) in [6.07, 6.45) is 0.419. The summed E-state index contributed by atoms with van der Waals surface area (Å²) in [5.41, 5.74) is 0.890. The molecule has 5 nitrogen and oxygen atoms in total. The zero-order chi connectivity index (χ0) is 14.0. The van der Waals surface area contributed by atoms with E-state index in [4.69, 9.17) is 0 Å². The van der Waals surface area contributed by atoms with E-state index < -0.39 is 12.1 Å². The van der Waals surface area contributed by atoms with E-state index in [1.165, 1.54) is 0 Å². The molecule has 1 aliphatic rings. The van der Waals surface area contributed by atoms with E-state index >= 15 is 0 Å². The lowest BCUT2D eigenvalue weighted by Gasteiger charge is -2.31. The van der Waals surface area contributed by atoms with Gasteiger partial charge in [-0.15, -0.1) is 0 Å². The van der Waals surface area contributed by atoms with Crippen LogP contribution < -0.4 is 10.6 Å². The average molecular weight is 262 g/mol. The molecule has 1 aromatic rings. The number of nitrogens with one attached hydrogen (secondary N) is 2. The normalized spacial score (nSPS) is 23.1. The minimum Gasteiger partial charge on any atom is -0.508 e. The molecule has 1 aliphatic heterocycles. The molecule has 0 spiro atoms. The Hall–Kier alpha value is -2.04. The van der Waals surface area contributed by atoms with Gasteiger partial charge in [0.05, 0.1) is 0 Å². The molecule has 1 aromatic carbocycles. The first-order valence-electron chi connectivity index (χ1n) is 6.36. The number of phenolic OH excluding ortho intramolecular Hbond substituents is 1. The molecule has 0 unspecified atom stereocenters. The van der Waals surface area contributed by atoms with Gasteiger partial charge in [-0.25, -0.2) is 0 Å². The number of aromatic hydroxyl groups is 1. The molecule has 0 bridgehead atoms. The highest BCUT2D eigenvalue weighted by Crippen LogP contribution is 2.14. The molecule has 2 atom stereocenters. The maximum Gasteiger partial charge on any atom is 0.243 e. The van der Waals surface area contributed by atoms with E-state index in [0.29, 0.717) is 6.42 Å². The predicted molar refractivity (Wildman–Crippen MR) is 70.5 cm³/mol. The summed E-state index contributed by atoms with van der Waals surface area (Å²) in [5, 5.41) is 14.7. The van der Waals surface area contributed by atoms with Crippen LogP contribution in [0.2, 0.25) is 0 Å². The van der Waals surface area contributed by atoms with Gasteiger partial charge in [-0.05, 0) is 23.6 Å². The summed E-state index contributed by atoms with van der Waals surface area (Å²) in [4.78, 5) is 23.8. The molecule has 0 aliphatic carbocycles. The van der Waals surface area contributed by atoms with Crippen molar-refractivity contribution in [1.29, 1.82) is 0 Å². The van der Waals surface area contributed by atoms with E-state index in [0.717, 1.165) is 5.56 Å². The second kappa shape index (κ2) is 5.30. The van der Waals surface area contributed by atoms with Crippen LogP contribution in [0.5, 0.6) is 5.75 Å².